The van der Waals surface area contributed by atoms with Crippen LogP contribution in [0.5, 0.6) is 0 Å². The molecule has 2 heterocycles. The molecule has 88 valence electrons. The third kappa shape index (κ3) is 2.07. The molecule has 17 heavy (non-hydrogen) atoms. The van der Waals surface area contributed by atoms with E-state index in [1.165, 1.54) is 18.2 Å². The first-order chi connectivity index (χ1) is 8.09. The lowest BCUT2D eigenvalue weighted by molar-refractivity contribution is -0.608. The third-order valence-electron chi connectivity index (χ3n) is 2.21. The molecule has 0 spiro atoms. The molecule has 0 bridgehead atoms. The summed E-state index contributed by atoms with van der Waals surface area (Å²) in [4.78, 5) is 38.5. The largest absolute Gasteiger partial charge is 0.618 e. The minimum atomic E-state index is -1.04. The molecule has 1 aliphatic heterocycles. The number of pyridine rings is 1. The van der Waals surface area contributed by atoms with Crippen molar-refractivity contribution in [3.63, 3.8) is 0 Å². The zero-order valence-electron chi connectivity index (χ0n) is 8.66. The van der Waals surface area contributed by atoms with E-state index in [1.807, 2.05) is 0 Å². The number of hydrogen-bond acceptors (Lipinski definition) is 5. The van der Waals surface area contributed by atoms with Gasteiger partial charge in [-0.25, -0.2) is 4.79 Å². The molecule has 0 N–H and O–H groups in total. The van der Waals surface area contributed by atoms with Gasteiger partial charge in [-0.05, 0) is 6.07 Å². The molecule has 2 rings (SSSR count). The fourth-order valence-electron chi connectivity index (χ4n) is 1.37. The van der Waals surface area contributed by atoms with Crippen molar-refractivity contribution >= 4 is 17.8 Å². The zero-order chi connectivity index (χ0) is 12.4. The quantitative estimate of drug-likeness (QED) is 0.393. The molecule has 0 radical (unpaired) electrons. The first-order valence-electron chi connectivity index (χ1n) is 4.86. The zero-order valence-corrected chi connectivity index (χ0v) is 8.66. The molecule has 1 saturated heterocycles. The van der Waals surface area contributed by atoms with Crippen molar-refractivity contribution in [2.75, 3.05) is 0 Å². The highest BCUT2D eigenvalue weighted by Crippen LogP contribution is 2.13. The molecule has 7 nitrogen and oxygen atoms in total. The summed E-state index contributed by atoms with van der Waals surface area (Å²) in [6.45, 7) is 0. The van der Waals surface area contributed by atoms with Crippen molar-refractivity contribution in [1.82, 2.24) is 5.06 Å². The normalized spacial score (nSPS) is 15.2. The SMILES string of the molecule is O=C(ON1C(=O)CCC1=O)c1cccc[n+]1[O-]. The highest BCUT2D eigenvalue weighted by Gasteiger charge is 2.34. The lowest BCUT2D eigenvalue weighted by atomic mass is 10.3. The van der Waals surface area contributed by atoms with Gasteiger partial charge in [0.05, 0.1) is 0 Å². The molecule has 0 unspecified atom stereocenters. The summed E-state index contributed by atoms with van der Waals surface area (Å²) < 4.78 is 0.299. The minimum absolute atomic E-state index is 0.0122. The van der Waals surface area contributed by atoms with Crippen LogP contribution in [0.4, 0.5) is 0 Å². The van der Waals surface area contributed by atoms with Crippen molar-refractivity contribution in [2.24, 2.45) is 0 Å². The summed E-state index contributed by atoms with van der Waals surface area (Å²) in [7, 11) is 0. The average molecular weight is 236 g/mol. The maximum Gasteiger partial charge on any atom is 0.429 e. The van der Waals surface area contributed by atoms with Crippen LogP contribution in [0.3, 0.4) is 0 Å². The van der Waals surface area contributed by atoms with E-state index in [4.69, 9.17) is 0 Å². The van der Waals surface area contributed by atoms with Crippen molar-refractivity contribution < 1.29 is 24.0 Å². The molecular weight excluding hydrogens is 228 g/mol. The van der Waals surface area contributed by atoms with Crippen LogP contribution in [0, 0.1) is 5.21 Å². The van der Waals surface area contributed by atoms with E-state index in [0.717, 1.165) is 6.20 Å². The van der Waals surface area contributed by atoms with Gasteiger partial charge in [-0.3, -0.25) is 9.59 Å². The highest BCUT2D eigenvalue weighted by atomic mass is 16.7. The number of amides is 2. The first-order valence-corrected chi connectivity index (χ1v) is 4.86. The van der Waals surface area contributed by atoms with E-state index < -0.39 is 17.8 Å². The minimum Gasteiger partial charge on any atom is -0.618 e. The standard InChI is InChI=1S/C10H8N2O5/c13-8-4-5-9(14)12(8)17-10(15)7-3-1-2-6-11(7)16/h1-3,6H,4-5H2. The Morgan fingerprint density at radius 1 is 1.29 bits per heavy atom. The van der Waals surface area contributed by atoms with Crippen LogP contribution >= 0.6 is 0 Å². The monoisotopic (exact) mass is 236 g/mol. The third-order valence-corrected chi connectivity index (χ3v) is 2.21. The van der Waals surface area contributed by atoms with Crippen molar-refractivity contribution in [1.29, 1.82) is 0 Å². The van der Waals surface area contributed by atoms with Gasteiger partial charge >= 0.3 is 11.7 Å². The van der Waals surface area contributed by atoms with Crippen molar-refractivity contribution in [2.45, 2.75) is 12.8 Å². The topological polar surface area (TPSA) is 90.6 Å². The Kier molecular flexibility index (Phi) is 2.73. The average Bonchev–Trinajstić information content (AvgIpc) is 2.61. The number of carbonyl (C=O) groups excluding carboxylic acids is 3. The summed E-state index contributed by atoms with van der Waals surface area (Å²) in [5.74, 6) is -2.21. The second kappa shape index (κ2) is 4.20. The van der Waals surface area contributed by atoms with Crippen molar-refractivity contribution in [3.8, 4) is 0 Å². The Morgan fingerprint density at radius 2 is 1.94 bits per heavy atom. The van der Waals surface area contributed by atoms with Crippen LogP contribution < -0.4 is 4.73 Å². The molecule has 1 aliphatic rings. The number of hydrogen-bond donors (Lipinski definition) is 0. The van der Waals surface area contributed by atoms with Gasteiger partial charge in [-0.2, -0.15) is 4.73 Å². The summed E-state index contributed by atoms with van der Waals surface area (Å²) >= 11 is 0. The van der Waals surface area contributed by atoms with E-state index in [1.54, 1.807) is 0 Å². The second-order valence-corrected chi connectivity index (χ2v) is 3.37. The maximum atomic E-state index is 11.5. The van der Waals surface area contributed by atoms with Crippen LogP contribution in [-0.2, 0) is 14.4 Å². The predicted molar refractivity (Wildman–Crippen MR) is 51.9 cm³/mol. The molecule has 7 heteroatoms. The van der Waals surface area contributed by atoms with Crippen LogP contribution in [0.15, 0.2) is 24.4 Å². The summed E-state index contributed by atoms with van der Waals surface area (Å²) in [6, 6.07) is 4.15. The van der Waals surface area contributed by atoms with Gasteiger partial charge in [0.2, 0.25) is 0 Å². The summed E-state index contributed by atoms with van der Waals surface area (Å²) in [6.07, 6.45) is 1.14. The molecule has 0 aromatic carbocycles. The molecule has 1 aromatic heterocycles. The maximum absolute atomic E-state index is 11.5. The summed E-state index contributed by atoms with van der Waals surface area (Å²) in [5.41, 5.74) is -0.292. The van der Waals surface area contributed by atoms with Crippen LogP contribution in [0.2, 0.25) is 0 Å². The lowest BCUT2D eigenvalue weighted by Gasteiger charge is -2.11. The van der Waals surface area contributed by atoms with Gasteiger partial charge in [-0.15, -0.1) is 5.06 Å². The number of rotatable bonds is 2. The van der Waals surface area contributed by atoms with Crippen molar-refractivity contribution in [3.05, 3.63) is 35.3 Å². The lowest BCUT2D eigenvalue weighted by Crippen LogP contribution is -2.39. The van der Waals surface area contributed by atoms with Gasteiger partial charge in [-0.1, -0.05) is 0 Å². The Balaban J connectivity index is 2.15. The van der Waals surface area contributed by atoms with E-state index in [2.05, 4.69) is 4.84 Å². The molecule has 0 aliphatic carbocycles. The molecule has 0 saturated carbocycles. The van der Waals surface area contributed by atoms with E-state index >= 15 is 0 Å². The van der Waals surface area contributed by atoms with Crippen LogP contribution in [-0.4, -0.2) is 22.8 Å². The Labute approximate surface area is 95.7 Å². The van der Waals surface area contributed by atoms with Gasteiger partial charge < -0.3 is 10.0 Å². The highest BCUT2D eigenvalue weighted by molar-refractivity contribution is 6.02. The molecule has 2 amide bonds. The molecular formula is C10H8N2O5. The number of hydroxylamine groups is 2. The van der Waals surface area contributed by atoms with E-state index in [0.29, 0.717) is 9.79 Å². The fraction of sp³-hybridized carbons (Fsp3) is 0.200. The summed E-state index contributed by atoms with van der Waals surface area (Å²) in [5, 5.41) is 11.6. The number of carbonyl (C=O) groups is 3. The Morgan fingerprint density at radius 3 is 2.53 bits per heavy atom. The number of nitrogens with zero attached hydrogens (tertiary/aromatic N) is 2. The Hall–Kier alpha value is -2.44. The van der Waals surface area contributed by atoms with Gasteiger partial charge in [0.25, 0.3) is 11.8 Å². The molecule has 1 aromatic rings. The predicted octanol–water partition coefficient (Wildman–Crippen LogP) is -0.459. The van der Waals surface area contributed by atoms with Gasteiger partial charge in [0.15, 0.2) is 6.20 Å². The van der Waals surface area contributed by atoms with Gasteiger partial charge in [0, 0.05) is 25.0 Å². The number of imide groups is 1. The van der Waals surface area contributed by atoms with Crippen LogP contribution in [0.1, 0.15) is 23.3 Å². The smallest absolute Gasteiger partial charge is 0.429 e. The fourth-order valence-corrected chi connectivity index (χ4v) is 1.37. The first kappa shape index (κ1) is 11.1. The molecule has 1 fully saturated rings. The molecule has 0 atom stereocenters. The van der Waals surface area contributed by atoms with Crippen LogP contribution in [0.25, 0.3) is 0 Å². The van der Waals surface area contributed by atoms with E-state index in [9.17, 15) is 19.6 Å². The Bertz CT molecular complexity index is 483. The van der Waals surface area contributed by atoms with Gasteiger partial charge in [0.1, 0.15) is 0 Å². The second-order valence-electron chi connectivity index (χ2n) is 3.37. The van der Waals surface area contributed by atoms with E-state index in [-0.39, 0.29) is 18.5 Å². The number of aromatic nitrogens is 1.